The van der Waals surface area contributed by atoms with Crippen molar-refractivity contribution >= 4 is 0 Å². The maximum Gasteiger partial charge on any atom is 0.0638 e. The Morgan fingerprint density at radius 3 is 2.68 bits per heavy atom. The van der Waals surface area contributed by atoms with Gasteiger partial charge in [-0.3, -0.25) is 9.80 Å². The molecule has 2 atom stereocenters. The van der Waals surface area contributed by atoms with Crippen molar-refractivity contribution in [1.29, 1.82) is 0 Å². The highest BCUT2D eigenvalue weighted by atomic mass is 16.5. The molecule has 0 bridgehead atoms. The van der Waals surface area contributed by atoms with E-state index in [0.717, 1.165) is 19.0 Å². The number of nitrogens with two attached hydrogens (primary N) is 1. The maximum atomic E-state index is 6.04. The van der Waals surface area contributed by atoms with Gasteiger partial charge in [-0.1, -0.05) is 0 Å². The second-order valence-corrected chi connectivity index (χ2v) is 6.74. The lowest BCUT2D eigenvalue weighted by molar-refractivity contribution is -0.00835. The van der Waals surface area contributed by atoms with Crippen LogP contribution >= 0.6 is 0 Å². The standard InChI is InChI=1S/C15H31N3O/c1-15(2,19-3)10-14(11-16)18-9-5-8-17-7-4-6-13(17)12-18/h13-14H,4-12,16H2,1-3H3. The Hall–Kier alpha value is -0.160. The molecule has 0 aromatic carbocycles. The summed E-state index contributed by atoms with van der Waals surface area (Å²) in [6.45, 7) is 10.0. The highest BCUT2D eigenvalue weighted by Crippen LogP contribution is 2.25. The zero-order valence-electron chi connectivity index (χ0n) is 12.9. The lowest BCUT2D eigenvalue weighted by Crippen LogP contribution is -2.48. The smallest absolute Gasteiger partial charge is 0.0638 e. The van der Waals surface area contributed by atoms with E-state index >= 15 is 0 Å². The van der Waals surface area contributed by atoms with Gasteiger partial charge < -0.3 is 10.5 Å². The first kappa shape index (κ1) is 15.2. The van der Waals surface area contributed by atoms with Gasteiger partial charge in [0.1, 0.15) is 0 Å². The van der Waals surface area contributed by atoms with Gasteiger partial charge in [0.2, 0.25) is 0 Å². The van der Waals surface area contributed by atoms with Gasteiger partial charge in [-0.2, -0.15) is 0 Å². The zero-order chi connectivity index (χ0) is 13.9. The molecule has 19 heavy (non-hydrogen) atoms. The normalized spacial score (nSPS) is 28.1. The van der Waals surface area contributed by atoms with Crippen molar-refractivity contribution in [3.8, 4) is 0 Å². The van der Waals surface area contributed by atoms with Crippen molar-refractivity contribution in [2.24, 2.45) is 5.73 Å². The van der Waals surface area contributed by atoms with Gasteiger partial charge in [-0.15, -0.1) is 0 Å². The van der Waals surface area contributed by atoms with Crippen LogP contribution < -0.4 is 5.73 Å². The maximum absolute atomic E-state index is 6.04. The molecule has 0 amide bonds. The average Bonchev–Trinajstić information content (AvgIpc) is 2.73. The predicted octanol–water partition coefficient (Wildman–Crippen LogP) is 1.30. The molecule has 2 unspecified atom stereocenters. The van der Waals surface area contributed by atoms with Crippen LogP contribution in [0.2, 0.25) is 0 Å². The number of hydrogen-bond donors (Lipinski definition) is 1. The first-order chi connectivity index (χ1) is 9.05. The molecular weight excluding hydrogens is 238 g/mol. The van der Waals surface area contributed by atoms with Crippen LogP contribution in [0.25, 0.3) is 0 Å². The highest BCUT2D eigenvalue weighted by molar-refractivity contribution is 4.89. The Labute approximate surface area is 118 Å². The first-order valence-corrected chi connectivity index (χ1v) is 7.79. The fourth-order valence-corrected chi connectivity index (χ4v) is 3.58. The van der Waals surface area contributed by atoms with Crippen LogP contribution in [0.15, 0.2) is 0 Å². The molecule has 0 aromatic heterocycles. The summed E-state index contributed by atoms with van der Waals surface area (Å²) in [5.41, 5.74) is 5.97. The van der Waals surface area contributed by atoms with E-state index in [0.29, 0.717) is 6.04 Å². The molecule has 0 radical (unpaired) electrons. The van der Waals surface area contributed by atoms with Crippen LogP contribution in [0.1, 0.15) is 39.5 Å². The molecule has 2 rings (SSSR count). The Bertz CT molecular complexity index is 283. The van der Waals surface area contributed by atoms with Crippen LogP contribution in [0, 0.1) is 0 Å². The Kier molecular flexibility index (Phi) is 5.23. The van der Waals surface area contributed by atoms with Crippen molar-refractivity contribution in [1.82, 2.24) is 9.80 Å². The first-order valence-electron chi connectivity index (χ1n) is 7.79. The SMILES string of the molecule is COC(C)(C)CC(CN)N1CCCN2CCCC2C1. The molecule has 2 aliphatic rings. The van der Waals surface area contributed by atoms with Gasteiger partial charge in [-0.05, 0) is 59.2 Å². The van der Waals surface area contributed by atoms with Gasteiger partial charge in [0.05, 0.1) is 5.60 Å². The van der Waals surface area contributed by atoms with Gasteiger partial charge in [-0.25, -0.2) is 0 Å². The third-order valence-electron chi connectivity index (χ3n) is 4.90. The summed E-state index contributed by atoms with van der Waals surface area (Å²) in [4.78, 5) is 5.30. The lowest BCUT2D eigenvalue weighted by Gasteiger charge is -2.36. The Morgan fingerprint density at radius 2 is 2.00 bits per heavy atom. The molecule has 2 fully saturated rings. The second kappa shape index (κ2) is 6.53. The van der Waals surface area contributed by atoms with E-state index in [9.17, 15) is 0 Å². The number of nitrogens with zero attached hydrogens (tertiary/aromatic N) is 2. The molecule has 2 saturated heterocycles. The quantitative estimate of drug-likeness (QED) is 0.817. The molecule has 0 aromatic rings. The average molecular weight is 269 g/mol. The highest BCUT2D eigenvalue weighted by Gasteiger charge is 2.33. The number of fused-ring (bicyclic) bond motifs is 1. The van der Waals surface area contributed by atoms with Gasteiger partial charge in [0.15, 0.2) is 0 Å². The molecule has 2 aliphatic heterocycles. The van der Waals surface area contributed by atoms with E-state index in [1.165, 1.54) is 45.4 Å². The van der Waals surface area contributed by atoms with Gasteiger partial charge >= 0.3 is 0 Å². The Balaban J connectivity index is 1.97. The van der Waals surface area contributed by atoms with Crippen molar-refractivity contribution in [3.05, 3.63) is 0 Å². The molecule has 2 N–H and O–H groups in total. The minimum Gasteiger partial charge on any atom is -0.379 e. The topological polar surface area (TPSA) is 41.7 Å². The van der Waals surface area contributed by atoms with E-state index in [-0.39, 0.29) is 5.60 Å². The Morgan fingerprint density at radius 1 is 1.26 bits per heavy atom. The summed E-state index contributed by atoms with van der Waals surface area (Å²) < 4.78 is 5.59. The van der Waals surface area contributed by atoms with Gasteiger partial charge in [0, 0.05) is 32.3 Å². The summed E-state index contributed by atoms with van der Waals surface area (Å²) in [6.07, 6.45) is 5.03. The molecule has 112 valence electrons. The van der Waals surface area contributed by atoms with Crippen molar-refractivity contribution in [2.75, 3.05) is 39.8 Å². The molecular formula is C15H31N3O. The summed E-state index contributed by atoms with van der Waals surface area (Å²) >= 11 is 0. The minimum atomic E-state index is -0.0777. The minimum absolute atomic E-state index is 0.0777. The number of rotatable bonds is 5. The van der Waals surface area contributed by atoms with Crippen LogP contribution in [-0.2, 0) is 4.74 Å². The zero-order valence-corrected chi connectivity index (χ0v) is 12.9. The van der Waals surface area contributed by atoms with Crippen molar-refractivity contribution in [2.45, 2.75) is 57.2 Å². The van der Waals surface area contributed by atoms with E-state index in [1.807, 2.05) is 0 Å². The van der Waals surface area contributed by atoms with Crippen LogP contribution in [0.4, 0.5) is 0 Å². The summed E-state index contributed by atoms with van der Waals surface area (Å²) in [7, 11) is 1.80. The molecule has 4 nitrogen and oxygen atoms in total. The third kappa shape index (κ3) is 3.91. The molecule has 4 heteroatoms. The monoisotopic (exact) mass is 269 g/mol. The fraction of sp³-hybridized carbons (Fsp3) is 1.00. The molecule has 2 heterocycles. The van der Waals surface area contributed by atoms with Gasteiger partial charge in [0.25, 0.3) is 0 Å². The molecule has 0 saturated carbocycles. The number of hydrogen-bond acceptors (Lipinski definition) is 4. The van der Waals surface area contributed by atoms with E-state index in [2.05, 4.69) is 23.6 Å². The van der Waals surface area contributed by atoms with Crippen molar-refractivity contribution < 1.29 is 4.74 Å². The summed E-state index contributed by atoms with van der Waals surface area (Å²) in [5, 5.41) is 0. The number of ether oxygens (including phenoxy) is 1. The lowest BCUT2D eigenvalue weighted by atomic mass is 9.97. The van der Waals surface area contributed by atoms with Crippen LogP contribution in [0.3, 0.4) is 0 Å². The molecule has 0 aliphatic carbocycles. The molecule has 0 spiro atoms. The fourth-order valence-electron chi connectivity index (χ4n) is 3.58. The second-order valence-electron chi connectivity index (χ2n) is 6.74. The van der Waals surface area contributed by atoms with E-state index in [1.54, 1.807) is 7.11 Å². The largest absolute Gasteiger partial charge is 0.379 e. The third-order valence-corrected chi connectivity index (χ3v) is 4.90. The van der Waals surface area contributed by atoms with E-state index < -0.39 is 0 Å². The van der Waals surface area contributed by atoms with Crippen LogP contribution in [0.5, 0.6) is 0 Å². The van der Waals surface area contributed by atoms with Crippen LogP contribution in [-0.4, -0.2) is 67.3 Å². The van der Waals surface area contributed by atoms with Crippen molar-refractivity contribution in [3.63, 3.8) is 0 Å². The number of methoxy groups -OCH3 is 1. The predicted molar refractivity (Wildman–Crippen MR) is 79.3 cm³/mol. The summed E-state index contributed by atoms with van der Waals surface area (Å²) in [6, 6.07) is 1.22. The van der Waals surface area contributed by atoms with E-state index in [4.69, 9.17) is 10.5 Å². The summed E-state index contributed by atoms with van der Waals surface area (Å²) in [5.74, 6) is 0.